The van der Waals surface area contributed by atoms with Crippen molar-refractivity contribution in [2.24, 2.45) is 5.41 Å². The minimum absolute atomic E-state index is 0.466. The smallest absolute Gasteiger partial charge is 0.309 e. The van der Waals surface area contributed by atoms with Gasteiger partial charge in [0.15, 0.2) is 0 Å². The summed E-state index contributed by atoms with van der Waals surface area (Å²) in [5, 5.41) is 9.28. The Hall–Kier alpha value is -1.31. The maximum atomic E-state index is 11.3. The van der Waals surface area contributed by atoms with Crippen molar-refractivity contribution in [3.8, 4) is 0 Å². The standard InChI is InChI=1S/C15H20O2/c1-2-4-12-5-7-13(8-6-12)11-15(14(16)17)9-3-10-15/h5-8H,2-4,9-11H2,1H3,(H,16,17). The Balaban J connectivity index is 2.05. The highest BCUT2D eigenvalue weighted by Gasteiger charge is 2.44. The monoisotopic (exact) mass is 232 g/mol. The molecule has 0 aromatic heterocycles. The number of benzene rings is 1. The lowest BCUT2D eigenvalue weighted by molar-refractivity contribution is -0.154. The minimum atomic E-state index is -0.624. The van der Waals surface area contributed by atoms with E-state index in [1.165, 1.54) is 5.56 Å². The second kappa shape index (κ2) is 4.91. The van der Waals surface area contributed by atoms with Crippen LogP contribution in [0.2, 0.25) is 0 Å². The maximum Gasteiger partial charge on any atom is 0.309 e. The fraction of sp³-hybridized carbons (Fsp3) is 0.533. The highest BCUT2D eigenvalue weighted by atomic mass is 16.4. The molecule has 0 amide bonds. The predicted molar refractivity (Wildman–Crippen MR) is 68.1 cm³/mol. The molecule has 17 heavy (non-hydrogen) atoms. The molecule has 0 spiro atoms. The molecule has 1 aromatic carbocycles. The Bertz CT molecular complexity index is 388. The van der Waals surface area contributed by atoms with Gasteiger partial charge in [-0.2, -0.15) is 0 Å². The normalized spacial score (nSPS) is 17.5. The van der Waals surface area contributed by atoms with Crippen molar-refractivity contribution in [3.63, 3.8) is 0 Å². The molecule has 1 saturated carbocycles. The molecule has 1 aliphatic carbocycles. The van der Waals surface area contributed by atoms with E-state index in [0.29, 0.717) is 6.42 Å². The van der Waals surface area contributed by atoms with E-state index >= 15 is 0 Å². The van der Waals surface area contributed by atoms with Gasteiger partial charge in [0.2, 0.25) is 0 Å². The number of hydrogen-bond donors (Lipinski definition) is 1. The fourth-order valence-electron chi connectivity index (χ4n) is 2.57. The number of carboxylic acid groups (broad SMARTS) is 1. The first kappa shape index (κ1) is 12.2. The van der Waals surface area contributed by atoms with E-state index in [0.717, 1.165) is 37.7 Å². The van der Waals surface area contributed by atoms with Gasteiger partial charge in [0.25, 0.3) is 0 Å². The van der Waals surface area contributed by atoms with Crippen LogP contribution in [0.25, 0.3) is 0 Å². The van der Waals surface area contributed by atoms with Crippen molar-refractivity contribution >= 4 is 5.97 Å². The summed E-state index contributed by atoms with van der Waals surface area (Å²) in [6.45, 7) is 2.17. The van der Waals surface area contributed by atoms with Gasteiger partial charge in [-0.1, -0.05) is 44.0 Å². The van der Waals surface area contributed by atoms with E-state index in [9.17, 15) is 9.90 Å². The molecule has 0 radical (unpaired) electrons. The number of aliphatic carboxylic acids is 1. The van der Waals surface area contributed by atoms with Crippen LogP contribution in [0.3, 0.4) is 0 Å². The van der Waals surface area contributed by atoms with Crippen molar-refractivity contribution in [1.29, 1.82) is 0 Å². The summed E-state index contributed by atoms with van der Waals surface area (Å²) in [6.07, 6.45) is 5.66. The SMILES string of the molecule is CCCc1ccc(CC2(C(=O)O)CCC2)cc1. The summed E-state index contributed by atoms with van der Waals surface area (Å²) in [7, 11) is 0. The molecule has 2 rings (SSSR count). The van der Waals surface area contributed by atoms with Crippen LogP contribution in [0.5, 0.6) is 0 Å². The number of carbonyl (C=O) groups is 1. The minimum Gasteiger partial charge on any atom is -0.481 e. The molecule has 2 nitrogen and oxygen atoms in total. The van der Waals surface area contributed by atoms with Crippen molar-refractivity contribution in [2.75, 3.05) is 0 Å². The number of carboxylic acids is 1. The Morgan fingerprint density at radius 3 is 2.24 bits per heavy atom. The average molecular weight is 232 g/mol. The van der Waals surface area contributed by atoms with Crippen molar-refractivity contribution < 1.29 is 9.90 Å². The van der Waals surface area contributed by atoms with Crippen LogP contribution < -0.4 is 0 Å². The molecule has 1 fully saturated rings. The largest absolute Gasteiger partial charge is 0.481 e. The Kier molecular flexibility index (Phi) is 3.51. The van der Waals surface area contributed by atoms with Crippen molar-refractivity contribution in [1.82, 2.24) is 0 Å². The topological polar surface area (TPSA) is 37.3 Å². The lowest BCUT2D eigenvalue weighted by Crippen LogP contribution is -2.39. The second-order valence-corrected chi connectivity index (χ2v) is 5.18. The highest BCUT2D eigenvalue weighted by molar-refractivity contribution is 5.76. The lowest BCUT2D eigenvalue weighted by atomic mass is 9.65. The zero-order valence-corrected chi connectivity index (χ0v) is 10.4. The summed E-state index contributed by atoms with van der Waals surface area (Å²) in [4.78, 5) is 11.3. The molecular weight excluding hydrogens is 212 g/mol. The number of aryl methyl sites for hydroxylation is 1. The zero-order chi connectivity index (χ0) is 12.3. The first-order chi connectivity index (χ1) is 8.16. The van der Waals surface area contributed by atoms with Gasteiger partial charge in [0, 0.05) is 0 Å². The molecule has 0 unspecified atom stereocenters. The molecule has 0 heterocycles. The average Bonchev–Trinajstić information content (AvgIpc) is 2.25. The van der Waals surface area contributed by atoms with Gasteiger partial charge in [-0.05, 0) is 36.8 Å². The van der Waals surface area contributed by atoms with Gasteiger partial charge in [0.05, 0.1) is 5.41 Å². The summed E-state index contributed by atoms with van der Waals surface area (Å²) in [5.41, 5.74) is 2.04. The van der Waals surface area contributed by atoms with Crippen LogP contribution >= 0.6 is 0 Å². The summed E-state index contributed by atoms with van der Waals surface area (Å²) in [5.74, 6) is -0.624. The predicted octanol–water partition coefficient (Wildman–Crippen LogP) is 3.44. The first-order valence-electron chi connectivity index (χ1n) is 6.47. The third-order valence-electron chi connectivity index (χ3n) is 3.87. The molecule has 1 aliphatic rings. The van der Waals surface area contributed by atoms with Gasteiger partial charge in [0.1, 0.15) is 0 Å². The molecule has 1 aromatic rings. The Labute approximate surface area is 103 Å². The lowest BCUT2D eigenvalue weighted by Gasteiger charge is -2.37. The molecule has 0 aliphatic heterocycles. The first-order valence-corrected chi connectivity index (χ1v) is 6.47. The molecule has 92 valence electrons. The van der Waals surface area contributed by atoms with E-state index < -0.39 is 11.4 Å². The van der Waals surface area contributed by atoms with Gasteiger partial charge >= 0.3 is 5.97 Å². The maximum absolute atomic E-state index is 11.3. The van der Waals surface area contributed by atoms with Crippen LogP contribution in [0.15, 0.2) is 24.3 Å². The van der Waals surface area contributed by atoms with Crippen LogP contribution in [-0.2, 0) is 17.6 Å². The van der Waals surface area contributed by atoms with E-state index in [1.54, 1.807) is 0 Å². The second-order valence-electron chi connectivity index (χ2n) is 5.18. The van der Waals surface area contributed by atoms with E-state index in [-0.39, 0.29) is 0 Å². The van der Waals surface area contributed by atoms with Gasteiger partial charge in [-0.3, -0.25) is 4.79 Å². The molecule has 0 saturated heterocycles. The van der Waals surface area contributed by atoms with Gasteiger partial charge < -0.3 is 5.11 Å². The number of rotatable bonds is 5. The Morgan fingerprint density at radius 2 is 1.82 bits per heavy atom. The molecular formula is C15H20O2. The van der Waals surface area contributed by atoms with Crippen molar-refractivity contribution in [2.45, 2.75) is 45.4 Å². The van der Waals surface area contributed by atoms with E-state index in [4.69, 9.17) is 0 Å². The fourth-order valence-corrected chi connectivity index (χ4v) is 2.57. The Morgan fingerprint density at radius 1 is 1.24 bits per heavy atom. The summed E-state index contributed by atoms with van der Waals surface area (Å²) >= 11 is 0. The summed E-state index contributed by atoms with van der Waals surface area (Å²) < 4.78 is 0. The third kappa shape index (κ3) is 2.51. The molecule has 1 N–H and O–H groups in total. The van der Waals surface area contributed by atoms with Crippen LogP contribution in [0.4, 0.5) is 0 Å². The summed E-state index contributed by atoms with van der Waals surface area (Å²) in [6, 6.07) is 8.45. The van der Waals surface area contributed by atoms with E-state index in [1.807, 2.05) is 0 Å². The van der Waals surface area contributed by atoms with Gasteiger partial charge in [-0.25, -0.2) is 0 Å². The van der Waals surface area contributed by atoms with E-state index in [2.05, 4.69) is 31.2 Å². The zero-order valence-electron chi connectivity index (χ0n) is 10.4. The molecule has 2 heteroatoms. The van der Waals surface area contributed by atoms with Crippen molar-refractivity contribution in [3.05, 3.63) is 35.4 Å². The van der Waals surface area contributed by atoms with Crippen LogP contribution in [-0.4, -0.2) is 11.1 Å². The van der Waals surface area contributed by atoms with Crippen LogP contribution in [0, 0.1) is 5.41 Å². The van der Waals surface area contributed by atoms with Crippen LogP contribution in [0.1, 0.15) is 43.7 Å². The molecule has 0 atom stereocenters. The third-order valence-corrected chi connectivity index (χ3v) is 3.87. The quantitative estimate of drug-likeness (QED) is 0.844. The molecule has 0 bridgehead atoms. The van der Waals surface area contributed by atoms with Gasteiger partial charge in [-0.15, -0.1) is 0 Å². The highest BCUT2D eigenvalue weighted by Crippen LogP contribution is 2.43. The number of hydrogen-bond acceptors (Lipinski definition) is 1.